The zero-order chi connectivity index (χ0) is 27.3. The standard InChI is InChI=1S/C30H42N6O3/c31-19-26-15-13-24(33-35-26)11-8-22-7-9-23(10-12-25-14-16-27(20-32)36-34-25)29(18-22)30(37)38-17-5-3-1-2-4-6-28-21-39-28/h22-29,33-36H,1-7,9,13-18,21H2. The molecular weight excluding hydrogens is 492 g/mol. The van der Waals surface area contributed by atoms with Crippen molar-refractivity contribution < 1.29 is 14.3 Å². The van der Waals surface area contributed by atoms with Crippen LogP contribution in [0.15, 0.2) is 0 Å². The fourth-order valence-electron chi connectivity index (χ4n) is 5.45. The second-order valence-electron chi connectivity index (χ2n) is 11.2. The Kier molecular flexibility index (Phi) is 11.9. The number of nitrogens with one attached hydrogen (secondary N) is 4. The smallest absolute Gasteiger partial charge is 0.310 e. The van der Waals surface area contributed by atoms with Gasteiger partial charge in [-0.1, -0.05) is 49.4 Å². The summed E-state index contributed by atoms with van der Waals surface area (Å²) in [5.74, 6) is 13.0. The molecule has 4 N–H and O–H groups in total. The highest BCUT2D eigenvalue weighted by Gasteiger charge is 2.35. The van der Waals surface area contributed by atoms with Crippen LogP contribution in [0.25, 0.3) is 0 Å². The summed E-state index contributed by atoms with van der Waals surface area (Å²) >= 11 is 0. The summed E-state index contributed by atoms with van der Waals surface area (Å²) in [6, 6.07) is 4.06. The third kappa shape index (κ3) is 10.1. The van der Waals surface area contributed by atoms with E-state index in [-0.39, 0.29) is 47.9 Å². The molecule has 9 heteroatoms. The molecule has 0 aromatic rings. The molecule has 0 amide bonds. The largest absolute Gasteiger partial charge is 0.465 e. The molecule has 9 nitrogen and oxygen atoms in total. The third-order valence-corrected chi connectivity index (χ3v) is 8.04. The molecule has 3 aliphatic heterocycles. The SMILES string of the molecule is N#CC1CCC(C#CC2CCC(C#CC3CCC(C#N)NN3)C(C(=O)OCCCCCCCC3CO3)C2)NN1. The van der Waals surface area contributed by atoms with E-state index in [0.717, 1.165) is 64.4 Å². The van der Waals surface area contributed by atoms with Gasteiger partial charge in [0, 0.05) is 11.8 Å². The van der Waals surface area contributed by atoms with Crippen LogP contribution in [0.2, 0.25) is 0 Å². The fourth-order valence-corrected chi connectivity index (χ4v) is 5.45. The minimum atomic E-state index is -0.284. The van der Waals surface area contributed by atoms with Gasteiger partial charge in [-0.25, -0.2) is 21.7 Å². The van der Waals surface area contributed by atoms with Gasteiger partial charge in [-0.3, -0.25) is 4.79 Å². The topological polar surface area (TPSA) is 135 Å². The van der Waals surface area contributed by atoms with Gasteiger partial charge in [-0.15, -0.1) is 0 Å². The number of carbonyl (C=O) groups is 1. The summed E-state index contributed by atoms with van der Waals surface area (Å²) in [6.45, 7) is 1.39. The Morgan fingerprint density at radius 2 is 1.33 bits per heavy atom. The molecule has 4 aliphatic rings. The quantitative estimate of drug-likeness (QED) is 0.152. The first kappa shape index (κ1) is 29.4. The van der Waals surface area contributed by atoms with Crippen molar-refractivity contribution in [1.82, 2.24) is 21.7 Å². The molecule has 4 rings (SSSR count). The van der Waals surface area contributed by atoms with Crippen LogP contribution in [0, 0.1) is 64.1 Å². The van der Waals surface area contributed by atoms with Crippen LogP contribution in [0.5, 0.6) is 0 Å². The van der Waals surface area contributed by atoms with Crippen molar-refractivity contribution in [3.63, 3.8) is 0 Å². The maximum Gasteiger partial charge on any atom is 0.310 e. The molecule has 0 aromatic carbocycles. The highest BCUT2D eigenvalue weighted by molar-refractivity contribution is 5.73. The van der Waals surface area contributed by atoms with E-state index in [0.29, 0.717) is 19.1 Å². The summed E-state index contributed by atoms with van der Waals surface area (Å²) in [6.07, 6.45) is 12.7. The highest BCUT2D eigenvalue weighted by Crippen LogP contribution is 2.34. The number of rotatable bonds is 9. The van der Waals surface area contributed by atoms with Crippen LogP contribution >= 0.6 is 0 Å². The van der Waals surface area contributed by atoms with Gasteiger partial charge in [-0.2, -0.15) is 10.5 Å². The predicted octanol–water partition coefficient (Wildman–Crippen LogP) is 2.61. The Labute approximate surface area is 233 Å². The predicted molar refractivity (Wildman–Crippen MR) is 146 cm³/mol. The third-order valence-electron chi connectivity index (χ3n) is 8.04. The van der Waals surface area contributed by atoms with Crippen LogP contribution in [-0.4, -0.2) is 49.5 Å². The van der Waals surface area contributed by atoms with E-state index >= 15 is 0 Å². The second kappa shape index (κ2) is 15.8. The number of ether oxygens (including phenoxy) is 2. The van der Waals surface area contributed by atoms with Gasteiger partial charge in [0.15, 0.2) is 0 Å². The van der Waals surface area contributed by atoms with Gasteiger partial charge < -0.3 is 9.47 Å². The van der Waals surface area contributed by atoms with Gasteiger partial charge in [0.25, 0.3) is 0 Å². The minimum absolute atomic E-state index is 0.0106. The molecule has 8 atom stereocenters. The fraction of sp³-hybridized carbons (Fsp3) is 0.767. The summed E-state index contributed by atoms with van der Waals surface area (Å²) in [7, 11) is 0. The van der Waals surface area contributed by atoms with E-state index in [4.69, 9.17) is 20.0 Å². The Bertz CT molecular complexity index is 994. The van der Waals surface area contributed by atoms with Crippen molar-refractivity contribution in [2.75, 3.05) is 13.2 Å². The number of nitriles is 2. The summed E-state index contributed by atoms with van der Waals surface area (Å²) in [5, 5.41) is 18.1. The first-order valence-corrected chi connectivity index (χ1v) is 14.8. The number of carbonyl (C=O) groups excluding carboxylic acids is 1. The molecule has 0 radical (unpaired) electrons. The molecule has 210 valence electrons. The van der Waals surface area contributed by atoms with Gasteiger partial charge in [-0.05, 0) is 57.8 Å². The zero-order valence-electron chi connectivity index (χ0n) is 22.8. The molecule has 8 unspecified atom stereocenters. The molecule has 4 fully saturated rings. The maximum atomic E-state index is 13.2. The molecule has 1 aliphatic carbocycles. The number of hydrogen-bond donors (Lipinski definition) is 4. The molecule has 3 heterocycles. The number of esters is 1. The van der Waals surface area contributed by atoms with Crippen LogP contribution < -0.4 is 21.7 Å². The van der Waals surface area contributed by atoms with E-state index in [1.54, 1.807) is 0 Å². The number of unbranched alkanes of at least 4 members (excludes halogenated alkanes) is 4. The van der Waals surface area contributed by atoms with Crippen molar-refractivity contribution in [2.45, 2.75) is 114 Å². The van der Waals surface area contributed by atoms with Gasteiger partial charge >= 0.3 is 5.97 Å². The lowest BCUT2D eigenvalue weighted by molar-refractivity contribution is -0.151. The minimum Gasteiger partial charge on any atom is -0.465 e. The van der Waals surface area contributed by atoms with Crippen LogP contribution in [0.1, 0.15) is 83.5 Å². The van der Waals surface area contributed by atoms with Gasteiger partial charge in [0.05, 0.1) is 49.5 Å². The molecule has 0 bridgehead atoms. The van der Waals surface area contributed by atoms with Crippen molar-refractivity contribution >= 4 is 5.97 Å². The van der Waals surface area contributed by atoms with E-state index in [1.807, 2.05) is 0 Å². The summed E-state index contributed by atoms with van der Waals surface area (Å²) in [4.78, 5) is 13.2. The maximum absolute atomic E-state index is 13.2. The molecule has 3 saturated heterocycles. The first-order chi connectivity index (χ1) is 19.1. The van der Waals surface area contributed by atoms with Crippen molar-refractivity contribution in [3.8, 4) is 35.8 Å². The van der Waals surface area contributed by atoms with Crippen molar-refractivity contribution in [3.05, 3.63) is 0 Å². The van der Waals surface area contributed by atoms with Crippen LogP contribution in [-0.2, 0) is 14.3 Å². The number of hydrazine groups is 2. The Morgan fingerprint density at radius 3 is 1.95 bits per heavy atom. The average molecular weight is 535 g/mol. The normalized spacial score (nSPS) is 33.7. The second-order valence-corrected chi connectivity index (χ2v) is 11.2. The van der Waals surface area contributed by atoms with Crippen LogP contribution in [0.3, 0.4) is 0 Å². The number of nitrogens with zero attached hydrogens (tertiary/aromatic N) is 2. The van der Waals surface area contributed by atoms with E-state index in [2.05, 4.69) is 57.5 Å². The van der Waals surface area contributed by atoms with Crippen molar-refractivity contribution in [2.24, 2.45) is 17.8 Å². The number of epoxide rings is 1. The molecule has 39 heavy (non-hydrogen) atoms. The van der Waals surface area contributed by atoms with Gasteiger partial charge in [0.1, 0.15) is 12.1 Å². The van der Waals surface area contributed by atoms with E-state index in [1.165, 1.54) is 19.3 Å². The average Bonchev–Trinajstić information content (AvgIpc) is 3.81. The Balaban J connectivity index is 1.27. The summed E-state index contributed by atoms with van der Waals surface area (Å²) < 4.78 is 11.0. The Hall–Kier alpha value is -2.63. The van der Waals surface area contributed by atoms with Crippen LogP contribution in [0.4, 0.5) is 0 Å². The highest BCUT2D eigenvalue weighted by atomic mass is 16.6. The Morgan fingerprint density at radius 1 is 0.744 bits per heavy atom. The molecule has 0 spiro atoms. The molecule has 0 aromatic heterocycles. The molecule has 1 saturated carbocycles. The monoisotopic (exact) mass is 534 g/mol. The zero-order valence-corrected chi connectivity index (χ0v) is 22.8. The lowest BCUT2D eigenvalue weighted by atomic mass is 9.74. The number of hydrogen-bond acceptors (Lipinski definition) is 9. The summed E-state index contributed by atoms with van der Waals surface area (Å²) in [5.41, 5.74) is 12.3. The first-order valence-electron chi connectivity index (χ1n) is 14.8. The molecular formula is C30H42N6O3. The lowest BCUT2D eigenvalue weighted by Gasteiger charge is -2.30. The van der Waals surface area contributed by atoms with Crippen molar-refractivity contribution in [1.29, 1.82) is 10.5 Å². The van der Waals surface area contributed by atoms with Gasteiger partial charge in [0.2, 0.25) is 0 Å². The van der Waals surface area contributed by atoms with E-state index in [9.17, 15) is 4.79 Å². The lowest BCUT2D eigenvalue weighted by Crippen LogP contribution is -2.50. The van der Waals surface area contributed by atoms with E-state index < -0.39 is 0 Å².